The zero-order valence-electron chi connectivity index (χ0n) is 17.3. The number of fused-ring (bicyclic) bond motifs is 1. The number of ether oxygens (including phenoxy) is 2. The largest absolute Gasteiger partial charge is 0.491 e. The molecule has 3 aromatic carbocycles. The molecule has 1 aromatic heterocycles. The van der Waals surface area contributed by atoms with E-state index in [1.54, 1.807) is 24.3 Å². The number of aromatic nitrogens is 2. The molecule has 0 aliphatic heterocycles. The molecule has 0 saturated carbocycles. The Labute approximate surface area is 180 Å². The van der Waals surface area contributed by atoms with Crippen LogP contribution in [-0.2, 0) is 17.7 Å². The second-order valence-corrected chi connectivity index (χ2v) is 7.27. The molecular formula is C25H24N2O4. The van der Waals surface area contributed by atoms with E-state index in [1.165, 1.54) is 7.11 Å². The van der Waals surface area contributed by atoms with Crippen LogP contribution in [0.2, 0.25) is 0 Å². The molecule has 31 heavy (non-hydrogen) atoms. The standard InChI is InChI=1S/C25H24N2O4/c1-30-25(29)19-11-13-21(14-12-19)31-17-20(28)16-27-23-10-6-5-9-22(23)26-24(27)15-18-7-3-2-4-8-18/h2-14,20,28H,15-17H2,1H3. The number of hydrogen-bond donors (Lipinski definition) is 1. The number of para-hydroxylation sites is 2. The van der Waals surface area contributed by atoms with E-state index in [9.17, 15) is 9.90 Å². The number of methoxy groups -OCH3 is 1. The summed E-state index contributed by atoms with van der Waals surface area (Å²) in [7, 11) is 1.34. The number of carbonyl (C=O) groups excluding carboxylic acids is 1. The van der Waals surface area contributed by atoms with Crippen molar-refractivity contribution in [2.75, 3.05) is 13.7 Å². The van der Waals surface area contributed by atoms with Crippen LogP contribution < -0.4 is 4.74 Å². The maximum atomic E-state index is 11.5. The van der Waals surface area contributed by atoms with Gasteiger partial charge >= 0.3 is 5.97 Å². The Kier molecular flexibility index (Phi) is 6.29. The lowest BCUT2D eigenvalue weighted by atomic mass is 10.1. The van der Waals surface area contributed by atoms with Crippen LogP contribution in [0.1, 0.15) is 21.7 Å². The summed E-state index contributed by atoms with van der Waals surface area (Å²) in [5, 5.41) is 10.7. The Bertz CT molecular complexity index is 1150. The van der Waals surface area contributed by atoms with Crippen molar-refractivity contribution in [3.63, 3.8) is 0 Å². The van der Waals surface area contributed by atoms with Crippen LogP contribution in [0.15, 0.2) is 78.9 Å². The van der Waals surface area contributed by atoms with Crippen molar-refractivity contribution in [2.45, 2.75) is 19.1 Å². The molecular weight excluding hydrogens is 392 g/mol. The number of carbonyl (C=O) groups is 1. The van der Waals surface area contributed by atoms with Crippen molar-refractivity contribution in [1.29, 1.82) is 0 Å². The summed E-state index contributed by atoms with van der Waals surface area (Å²) in [5.74, 6) is 1.07. The highest BCUT2D eigenvalue weighted by Gasteiger charge is 2.15. The van der Waals surface area contributed by atoms with Crippen molar-refractivity contribution in [3.8, 4) is 5.75 Å². The molecule has 0 saturated heterocycles. The second-order valence-electron chi connectivity index (χ2n) is 7.27. The smallest absolute Gasteiger partial charge is 0.337 e. The number of hydrogen-bond acceptors (Lipinski definition) is 5. The van der Waals surface area contributed by atoms with Gasteiger partial charge in [0.2, 0.25) is 0 Å². The summed E-state index contributed by atoms with van der Waals surface area (Å²) >= 11 is 0. The third-order valence-corrected chi connectivity index (χ3v) is 5.05. The molecule has 0 fully saturated rings. The van der Waals surface area contributed by atoms with Crippen molar-refractivity contribution >= 4 is 17.0 Å². The molecule has 0 spiro atoms. The van der Waals surface area contributed by atoms with Crippen molar-refractivity contribution in [3.05, 3.63) is 95.8 Å². The van der Waals surface area contributed by atoms with Crippen LogP contribution in [0.25, 0.3) is 11.0 Å². The summed E-state index contributed by atoms with van der Waals surface area (Å²) in [6, 6.07) is 24.7. The van der Waals surface area contributed by atoms with Gasteiger partial charge in [-0.25, -0.2) is 9.78 Å². The molecule has 6 heteroatoms. The monoisotopic (exact) mass is 416 g/mol. The molecule has 6 nitrogen and oxygen atoms in total. The van der Waals surface area contributed by atoms with Crippen molar-refractivity contribution < 1.29 is 19.4 Å². The van der Waals surface area contributed by atoms with E-state index < -0.39 is 12.1 Å². The fraction of sp³-hybridized carbons (Fsp3) is 0.200. The topological polar surface area (TPSA) is 73.6 Å². The van der Waals surface area contributed by atoms with Gasteiger partial charge in [0.05, 0.1) is 30.3 Å². The lowest BCUT2D eigenvalue weighted by Gasteiger charge is -2.16. The molecule has 0 amide bonds. The van der Waals surface area contributed by atoms with Crippen LogP contribution in [0.5, 0.6) is 5.75 Å². The molecule has 4 rings (SSSR count). The Morgan fingerprint density at radius 1 is 1.00 bits per heavy atom. The SMILES string of the molecule is COC(=O)c1ccc(OCC(O)Cn2c(Cc3ccccc3)nc3ccccc32)cc1. The van der Waals surface area contributed by atoms with Gasteiger partial charge in [-0.3, -0.25) is 0 Å². The van der Waals surface area contributed by atoms with Gasteiger partial charge in [-0.15, -0.1) is 0 Å². The average molecular weight is 416 g/mol. The molecule has 0 bridgehead atoms. The van der Waals surface area contributed by atoms with Crippen molar-refractivity contribution in [2.24, 2.45) is 0 Å². The first kappa shape index (κ1) is 20.6. The molecule has 158 valence electrons. The Morgan fingerprint density at radius 2 is 1.71 bits per heavy atom. The minimum absolute atomic E-state index is 0.120. The van der Waals surface area contributed by atoms with Gasteiger partial charge < -0.3 is 19.1 Å². The first-order chi connectivity index (χ1) is 15.1. The predicted octanol–water partition coefficient (Wildman–Crippen LogP) is 3.85. The quantitative estimate of drug-likeness (QED) is 0.442. The Morgan fingerprint density at radius 3 is 2.45 bits per heavy atom. The Balaban J connectivity index is 1.47. The van der Waals surface area contributed by atoms with Gasteiger partial charge in [0.1, 0.15) is 24.3 Å². The number of nitrogens with zero attached hydrogens (tertiary/aromatic N) is 2. The van der Waals surface area contributed by atoms with E-state index in [1.807, 2.05) is 42.5 Å². The average Bonchev–Trinajstić information content (AvgIpc) is 3.15. The lowest BCUT2D eigenvalue weighted by molar-refractivity contribution is 0.0600. The molecule has 0 aliphatic rings. The number of benzene rings is 3. The first-order valence-electron chi connectivity index (χ1n) is 10.1. The normalized spacial score (nSPS) is 11.9. The van der Waals surface area contributed by atoms with E-state index in [2.05, 4.69) is 16.7 Å². The zero-order valence-corrected chi connectivity index (χ0v) is 17.3. The molecule has 1 atom stereocenters. The van der Waals surface area contributed by atoms with Crippen LogP contribution >= 0.6 is 0 Å². The number of esters is 1. The van der Waals surface area contributed by atoms with E-state index in [4.69, 9.17) is 14.5 Å². The fourth-order valence-corrected chi connectivity index (χ4v) is 3.50. The highest BCUT2D eigenvalue weighted by atomic mass is 16.5. The molecule has 4 aromatic rings. The highest BCUT2D eigenvalue weighted by Crippen LogP contribution is 2.20. The summed E-state index contributed by atoms with van der Waals surface area (Å²) in [5.41, 5.74) is 3.50. The predicted molar refractivity (Wildman–Crippen MR) is 118 cm³/mol. The first-order valence-corrected chi connectivity index (χ1v) is 10.1. The minimum Gasteiger partial charge on any atom is -0.491 e. The molecule has 0 aliphatic carbocycles. The molecule has 1 unspecified atom stereocenters. The summed E-state index contributed by atoms with van der Waals surface area (Å²) in [4.78, 5) is 16.3. The lowest BCUT2D eigenvalue weighted by Crippen LogP contribution is -2.24. The summed E-state index contributed by atoms with van der Waals surface area (Å²) in [6.07, 6.45) is -0.0506. The van der Waals surface area contributed by atoms with Gasteiger partial charge in [0, 0.05) is 6.42 Å². The summed E-state index contributed by atoms with van der Waals surface area (Å²) in [6.45, 7) is 0.484. The van der Waals surface area contributed by atoms with E-state index >= 15 is 0 Å². The molecule has 0 radical (unpaired) electrons. The van der Waals surface area contributed by atoms with Gasteiger partial charge in [0.15, 0.2) is 0 Å². The second kappa shape index (κ2) is 9.45. The minimum atomic E-state index is -0.729. The summed E-state index contributed by atoms with van der Waals surface area (Å²) < 4.78 is 12.5. The maximum absolute atomic E-state index is 11.5. The van der Waals surface area contributed by atoms with Crippen LogP contribution in [0, 0.1) is 0 Å². The van der Waals surface area contributed by atoms with E-state index in [-0.39, 0.29) is 6.61 Å². The Hall–Kier alpha value is -3.64. The fourth-order valence-electron chi connectivity index (χ4n) is 3.50. The maximum Gasteiger partial charge on any atom is 0.337 e. The molecule has 1 N–H and O–H groups in total. The number of imidazole rings is 1. The van der Waals surface area contributed by atoms with Gasteiger partial charge in [0.25, 0.3) is 0 Å². The van der Waals surface area contributed by atoms with E-state index in [0.29, 0.717) is 24.3 Å². The number of rotatable bonds is 8. The third kappa shape index (κ3) is 4.92. The number of aliphatic hydroxyl groups excluding tert-OH is 1. The number of aliphatic hydroxyl groups is 1. The highest BCUT2D eigenvalue weighted by molar-refractivity contribution is 5.89. The van der Waals surface area contributed by atoms with Crippen molar-refractivity contribution in [1.82, 2.24) is 9.55 Å². The van der Waals surface area contributed by atoms with Gasteiger partial charge in [-0.2, -0.15) is 0 Å². The van der Waals surface area contributed by atoms with Crippen LogP contribution in [-0.4, -0.2) is 40.4 Å². The van der Waals surface area contributed by atoms with Gasteiger partial charge in [-0.05, 0) is 42.0 Å². The molecule has 1 heterocycles. The zero-order chi connectivity index (χ0) is 21.6. The van der Waals surface area contributed by atoms with Gasteiger partial charge in [-0.1, -0.05) is 42.5 Å². The van der Waals surface area contributed by atoms with Crippen LogP contribution in [0.4, 0.5) is 0 Å². The van der Waals surface area contributed by atoms with Crippen LogP contribution in [0.3, 0.4) is 0 Å². The third-order valence-electron chi connectivity index (χ3n) is 5.05. The van der Waals surface area contributed by atoms with E-state index in [0.717, 1.165) is 22.4 Å².